The van der Waals surface area contributed by atoms with Crippen molar-refractivity contribution in [3.05, 3.63) is 47.8 Å². The van der Waals surface area contributed by atoms with Crippen LogP contribution in [-0.4, -0.2) is 16.7 Å². The molecule has 2 aromatic rings. The summed E-state index contributed by atoms with van der Waals surface area (Å²) in [6.07, 6.45) is 2.34. The molecule has 0 saturated heterocycles. The van der Waals surface area contributed by atoms with Gasteiger partial charge in [-0.2, -0.15) is 0 Å². The van der Waals surface area contributed by atoms with Crippen LogP contribution in [0.5, 0.6) is 0 Å². The van der Waals surface area contributed by atoms with Crippen LogP contribution in [0.15, 0.2) is 36.5 Å². The number of hydrogen-bond donors (Lipinski definition) is 1. The number of anilines is 1. The van der Waals surface area contributed by atoms with E-state index >= 15 is 0 Å². The van der Waals surface area contributed by atoms with Gasteiger partial charge in [0.2, 0.25) is 0 Å². The minimum absolute atomic E-state index is 0.471. The van der Waals surface area contributed by atoms with E-state index in [0.717, 1.165) is 23.2 Å². The molecule has 0 unspecified atom stereocenters. The summed E-state index contributed by atoms with van der Waals surface area (Å²) < 4.78 is 5.30. The summed E-state index contributed by atoms with van der Waals surface area (Å²) in [6.45, 7) is 9.50. The Hall–Kier alpha value is -2.36. The average Bonchev–Trinajstić information content (AvgIpc) is 2.47. The summed E-state index contributed by atoms with van der Waals surface area (Å²) in [5, 5.41) is 2.78. The molecule has 23 heavy (non-hydrogen) atoms. The third kappa shape index (κ3) is 4.81. The number of rotatable bonds is 3. The van der Waals surface area contributed by atoms with Crippen molar-refractivity contribution in [3.8, 4) is 11.1 Å². The number of nitrogens with zero attached hydrogens (tertiary/aromatic N) is 1. The quantitative estimate of drug-likeness (QED) is 0.871. The molecule has 1 aromatic carbocycles. The highest BCUT2D eigenvalue weighted by molar-refractivity contribution is 5.86. The SMILES string of the molecule is CCc1cccc(-c2cnc(C)c(NC(=O)OC(C)(C)C)c2)c1. The normalized spacial score (nSPS) is 11.2. The Kier molecular flexibility index (Phi) is 5.04. The maximum atomic E-state index is 12.0. The fraction of sp³-hybridized carbons (Fsp3) is 0.368. The minimum atomic E-state index is -0.529. The van der Waals surface area contributed by atoms with Crippen LogP contribution in [0.1, 0.15) is 39.0 Å². The lowest BCUT2D eigenvalue weighted by molar-refractivity contribution is 0.0635. The molecular weight excluding hydrogens is 288 g/mol. The molecule has 0 atom stereocenters. The predicted molar refractivity (Wildman–Crippen MR) is 93.6 cm³/mol. The molecule has 1 amide bonds. The zero-order valence-corrected chi connectivity index (χ0v) is 14.4. The van der Waals surface area contributed by atoms with Gasteiger partial charge in [-0.15, -0.1) is 0 Å². The van der Waals surface area contributed by atoms with Gasteiger partial charge >= 0.3 is 6.09 Å². The first-order chi connectivity index (χ1) is 10.8. The molecule has 1 heterocycles. The highest BCUT2D eigenvalue weighted by Gasteiger charge is 2.17. The number of aryl methyl sites for hydroxylation is 2. The van der Waals surface area contributed by atoms with Crippen molar-refractivity contribution in [1.82, 2.24) is 4.98 Å². The Labute approximate surface area is 137 Å². The standard InChI is InChI=1S/C19H24N2O2/c1-6-14-8-7-9-15(10-14)16-11-17(13(2)20-12-16)21-18(22)23-19(3,4)5/h7-12H,6H2,1-5H3,(H,21,22). The fourth-order valence-electron chi connectivity index (χ4n) is 2.20. The number of benzene rings is 1. The number of pyridine rings is 1. The first-order valence-electron chi connectivity index (χ1n) is 7.84. The van der Waals surface area contributed by atoms with E-state index in [4.69, 9.17) is 4.74 Å². The van der Waals surface area contributed by atoms with Crippen molar-refractivity contribution in [3.63, 3.8) is 0 Å². The highest BCUT2D eigenvalue weighted by atomic mass is 16.6. The van der Waals surface area contributed by atoms with Crippen LogP contribution in [-0.2, 0) is 11.2 Å². The maximum absolute atomic E-state index is 12.0. The van der Waals surface area contributed by atoms with Crippen LogP contribution < -0.4 is 5.32 Å². The van der Waals surface area contributed by atoms with Gasteiger partial charge in [-0.25, -0.2) is 4.79 Å². The second kappa shape index (κ2) is 6.82. The molecule has 4 heteroatoms. The van der Waals surface area contributed by atoms with Gasteiger partial charge in [-0.3, -0.25) is 10.3 Å². The average molecular weight is 312 g/mol. The van der Waals surface area contributed by atoms with Crippen LogP contribution >= 0.6 is 0 Å². The van der Waals surface area contributed by atoms with Crippen molar-refractivity contribution in [2.75, 3.05) is 5.32 Å². The Bertz CT molecular complexity index is 703. The van der Waals surface area contributed by atoms with Gasteiger partial charge in [0.25, 0.3) is 0 Å². The first-order valence-corrected chi connectivity index (χ1v) is 7.84. The number of carbonyl (C=O) groups is 1. The molecule has 1 aromatic heterocycles. The molecule has 0 spiro atoms. The largest absolute Gasteiger partial charge is 0.444 e. The Balaban J connectivity index is 2.26. The van der Waals surface area contributed by atoms with Gasteiger partial charge in [0.15, 0.2) is 0 Å². The molecule has 0 radical (unpaired) electrons. The first kappa shape index (κ1) is 17.0. The summed E-state index contributed by atoms with van der Waals surface area (Å²) >= 11 is 0. The molecule has 2 rings (SSSR count). The van der Waals surface area contributed by atoms with Crippen LogP contribution in [0.4, 0.5) is 10.5 Å². The summed E-state index contributed by atoms with van der Waals surface area (Å²) in [7, 11) is 0. The smallest absolute Gasteiger partial charge is 0.412 e. The molecule has 4 nitrogen and oxygen atoms in total. The molecule has 0 aliphatic rings. The monoisotopic (exact) mass is 312 g/mol. The molecule has 1 N–H and O–H groups in total. The third-order valence-electron chi connectivity index (χ3n) is 3.39. The van der Waals surface area contributed by atoms with E-state index in [-0.39, 0.29) is 0 Å². The van der Waals surface area contributed by atoms with Gasteiger partial charge in [0.05, 0.1) is 11.4 Å². The number of nitrogens with one attached hydrogen (secondary N) is 1. The number of amides is 1. The van der Waals surface area contributed by atoms with Crippen molar-refractivity contribution in [2.24, 2.45) is 0 Å². The Morgan fingerprint density at radius 1 is 1.22 bits per heavy atom. The summed E-state index contributed by atoms with van der Waals surface area (Å²) in [6, 6.07) is 10.3. The van der Waals surface area contributed by atoms with Crippen molar-refractivity contribution in [2.45, 2.75) is 46.6 Å². The molecule has 0 aliphatic heterocycles. The van der Waals surface area contributed by atoms with E-state index in [2.05, 4.69) is 29.4 Å². The van der Waals surface area contributed by atoms with Crippen LogP contribution in [0.3, 0.4) is 0 Å². The topological polar surface area (TPSA) is 51.2 Å². The molecule has 122 valence electrons. The minimum Gasteiger partial charge on any atom is -0.444 e. The highest BCUT2D eigenvalue weighted by Crippen LogP contribution is 2.25. The van der Waals surface area contributed by atoms with E-state index in [9.17, 15) is 4.79 Å². The zero-order valence-electron chi connectivity index (χ0n) is 14.4. The molecular formula is C19H24N2O2. The van der Waals surface area contributed by atoms with Crippen molar-refractivity contribution >= 4 is 11.8 Å². The number of carbonyl (C=O) groups excluding carboxylic acids is 1. The number of hydrogen-bond acceptors (Lipinski definition) is 3. The van der Waals surface area contributed by atoms with Crippen LogP contribution in [0.25, 0.3) is 11.1 Å². The van der Waals surface area contributed by atoms with E-state index in [1.54, 1.807) is 0 Å². The van der Waals surface area contributed by atoms with Gasteiger partial charge in [0, 0.05) is 11.8 Å². The summed E-state index contributed by atoms with van der Waals surface area (Å²) in [5.74, 6) is 0. The van der Waals surface area contributed by atoms with Crippen LogP contribution in [0.2, 0.25) is 0 Å². The zero-order chi connectivity index (χ0) is 17.0. The van der Waals surface area contributed by atoms with E-state index in [0.29, 0.717) is 5.69 Å². The number of ether oxygens (including phenoxy) is 1. The van der Waals surface area contributed by atoms with E-state index in [1.165, 1.54) is 5.56 Å². The Morgan fingerprint density at radius 2 is 1.96 bits per heavy atom. The third-order valence-corrected chi connectivity index (χ3v) is 3.39. The van der Waals surface area contributed by atoms with E-state index in [1.807, 2.05) is 52.1 Å². The lowest BCUT2D eigenvalue weighted by Crippen LogP contribution is -2.27. The molecule has 0 aliphatic carbocycles. The lowest BCUT2D eigenvalue weighted by Gasteiger charge is -2.20. The van der Waals surface area contributed by atoms with Crippen molar-refractivity contribution < 1.29 is 9.53 Å². The molecule has 0 saturated carbocycles. The molecule has 0 bridgehead atoms. The lowest BCUT2D eigenvalue weighted by atomic mass is 10.0. The van der Waals surface area contributed by atoms with Gasteiger partial charge in [-0.05, 0) is 51.3 Å². The predicted octanol–water partition coefficient (Wildman–Crippen LogP) is 4.97. The maximum Gasteiger partial charge on any atom is 0.412 e. The summed E-state index contributed by atoms with van der Waals surface area (Å²) in [5.41, 5.74) is 4.22. The van der Waals surface area contributed by atoms with Crippen LogP contribution in [0, 0.1) is 6.92 Å². The van der Waals surface area contributed by atoms with Gasteiger partial charge < -0.3 is 4.74 Å². The second-order valence-corrected chi connectivity index (χ2v) is 6.54. The van der Waals surface area contributed by atoms with Crippen molar-refractivity contribution in [1.29, 1.82) is 0 Å². The number of aromatic nitrogens is 1. The fourth-order valence-corrected chi connectivity index (χ4v) is 2.20. The van der Waals surface area contributed by atoms with Gasteiger partial charge in [0.1, 0.15) is 5.60 Å². The molecule has 0 fully saturated rings. The summed E-state index contributed by atoms with van der Waals surface area (Å²) in [4.78, 5) is 16.4. The van der Waals surface area contributed by atoms with E-state index < -0.39 is 11.7 Å². The van der Waals surface area contributed by atoms with Gasteiger partial charge in [-0.1, -0.05) is 31.2 Å². The Morgan fingerprint density at radius 3 is 2.61 bits per heavy atom. The second-order valence-electron chi connectivity index (χ2n) is 6.54.